The van der Waals surface area contributed by atoms with Crippen LogP contribution in [0.4, 0.5) is 11.7 Å². The fourth-order valence-corrected chi connectivity index (χ4v) is 1.09. The first kappa shape index (κ1) is 10.7. The number of nitro groups is 1. The summed E-state index contributed by atoms with van der Waals surface area (Å²) in [5.74, 6) is -0.0901. The molecular formula is C7H6N6O4. The molecule has 0 saturated carbocycles. The molecule has 0 aliphatic carbocycles. The molecule has 10 nitrogen and oxygen atoms in total. The molecule has 2 heterocycles. The Morgan fingerprint density at radius 3 is 2.94 bits per heavy atom. The van der Waals surface area contributed by atoms with E-state index in [4.69, 9.17) is 4.42 Å². The minimum atomic E-state index is -0.666. The van der Waals surface area contributed by atoms with Crippen LogP contribution < -0.4 is 5.01 Å². The van der Waals surface area contributed by atoms with E-state index in [1.807, 2.05) is 0 Å². The smallest absolute Gasteiger partial charge is 0.382 e. The molecule has 0 radical (unpaired) electrons. The van der Waals surface area contributed by atoms with E-state index in [2.05, 4.69) is 15.6 Å². The second-order valence-corrected chi connectivity index (χ2v) is 3.00. The van der Waals surface area contributed by atoms with Gasteiger partial charge in [0.25, 0.3) is 0 Å². The largest absolute Gasteiger partial charge is 0.434 e. The lowest BCUT2D eigenvalue weighted by molar-refractivity contribution is -0.402. The Morgan fingerprint density at radius 2 is 2.35 bits per heavy atom. The van der Waals surface area contributed by atoms with Gasteiger partial charge in [-0.2, -0.15) is 4.68 Å². The third kappa shape index (κ3) is 1.95. The van der Waals surface area contributed by atoms with Crippen molar-refractivity contribution < 1.29 is 9.34 Å². The molecule has 0 amide bonds. The van der Waals surface area contributed by atoms with Crippen LogP contribution in [0.1, 0.15) is 0 Å². The van der Waals surface area contributed by atoms with Crippen LogP contribution in [0.25, 0.3) is 5.88 Å². The SMILES string of the molecule is CN(N=O)c1cn(-c2ccc([N+](=O)[O-])o2)nn1. The molecule has 0 aliphatic rings. The molecule has 0 spiro atoms. The lowest BCUT2D eigenvalue weighted by atomic mass is 10.6. The summed E-state index contributed by atoms with van der Waals surface area (Å²) in [6, 6.07) is 2.56. The molecule has 0 unspecified atom stereocenters. The summed E-state index contributed by atoms with van der Waals surface area (Å²) in [5.41, 5.74) is 0. The average molecular weight is 238 g/mol. The van der Waals surface area contributed by atoms with Gasteiger partial charge in [-0.1, -0.05) is 5.21 Å². The molecule has 2 aromatic rings. The summed E-state index contributed by atoms with van der Waals surface area (Å²) >= 11 is 0. The molecule has 10 heteroatoms. The molecule has 0 aliphatic heterocycles. The molecule has 0 saturated heterocycles. The minimum Gasteiger partial charge on any atom is -0.382 e. The number of hydrogen-bond donors (Lipinski definition) is 0. The lowest BCUT2D eigenvalue weighted by Crippen LogP contribution is -2.06. The van der Waals surface area contributed by atoms with Crippen LogP contribution in [-0.2, 0) is 0 Å². The Hall–Kier alpha value is -2.78. The van der Waals surface area contributed by atoms with Gasteiger partial charge in [-0.15, -0.1) is 10.0 Å². The zero-order chi connectivity index (χ0) is 12.4. The van der Waals surface area contributed by atoms with Crippen molar-refractivity contribution in [3.8, 4) is 5.88 Å². The Labute approximate surface area is 93.5 Å². The number of rotatable bonds is 4. The molecule has 88 valence electrons. The maximum Gasteiger partial charge on any atom is 0.434 e. The summed E-state index contributed by atoms with van der Waals surface area (Å²) in [4.78, 5) is 20.0. The first-order valence-corrected chi connectivity index (χ1v) is 4.36. The molecule has 2 rings (SSSR count). The van der Waals surface area contributed by atoms with Gasteiger partial charge in [0, 0.05) is 13.1 Å². The predicted molar refractivity (Wildman–Crippen MR) is 54.5 cm³/mol. The maximum absolute atomic E-state index is 10.4. The third-order valence-electron chi connectivity index (χ3n) is 1.92. The fourth-order valence-electron chi connectivity index (χ4n) is 1.09. The molecule has 0 bridgehead atoms. The number of aromatic nitrogens is 3. The van der Waals surface area contributed by atoms with Gasteiger partial charge >= 0.3 is 5.88 Å². The molecule has 0 N–H and O–H groups in total. The van der Waals surface area contributed by atoms with Crippen molar-refractivity contribution in [3.63, 3.8) is 0 Å². The van der Waals surface area contributed by atoms with Crippen molar-refractivity contribution in [2.24, 2.45) is 5.29 Å². The van der Waals surface area contributed by atoms with Crippen molar-refractivity contribution in [1.29, 1.82) is 0 Å². The van der Waals surface area contributed by atoms with Crippen molar-refractivity contribution in [3.05, 3.63) is 33.4 Å². The molecular weight excluding hydrogens is 232 g/mol. The number of nitrogens with zero attached hydrogens (tertiary/aromatic N) is 6. The van der Waals surface area contributed by atoms with E-state index < -0.39 is 10.8 Å². The van der Waals surface area contributed by atoms with Crippen LogP contribution in [0.15, 0.2) is 28.0 Å². The molecule has 17 heavy (non-hydrogen) atoms. The lowest BCUT2D eigenvalue weighted by Gasteiger charge is -1.99. The van der Waals surface area contributed by atoms with E-state index in [1.54, 1.807) is 0 Å². The molecule has 0 fully saturated rings. The minimum absolute atomic E-state index is 0.120. The van der Waals surface area contributed by atoms with Crippen LogP contribution in [0, 0.1) is 15.0 Å². The van der Waals surface area contributed by atoms with E-state index in [-0.39, 0.29) is 11.7 Å². The number of anilines is 1. The normalized spacial score (nSPS) is 10.2. The first-order chi connectivity index (χ1) is 8.11. The van der Waals surface area contributed by atoms with Crippen LogP contribution in [0.3, 0.4) is 0 Å². The standard InChI is InChI=1S/C7H6N6O4/c1-11(10-14)5-4-12(9-8-5)6-2-3-7(17-6)13(15)16/h2-4H,1H3. The van der Waals surface area contributed by atoms with Gasteiger partial charge in [0.15, 0.2) is 5.82 Å². The van der Waals surface area contributed by atoms with Gasteiger partial charge in [0.05, 0.1) is 17.5 Å². The van der Waals surface area contributed by atoms with Gasteiger partial charge in [-0.05, 0) is 0 Å². The van der Waals surface area contributed by atoms with Crippen LogP contribution >= 0.6 is 0 Å². The Balaban J connectivity index is 2.30. The van der Waals surface area contributed by atoms with Crippen molar-refractivity contribution in [2.75, 3.05) is 12.1 Å². The highest BCUT2D eigenvalue weighted by Gasteiger charge is 2.15. The summed E-state index contributed by atoms with van der Waals surface area (Å²) in [6.45, 7) is 0. The van der Waals surface area contributed by atoms with Crippen molar-refractivity contribution in [1.82, 2.24) is 15.0 Å². The summed E-state index contributed by atoms with van der Waals surface area (Å²) in [6.07, 6.45) is 1.35. The van der Waals surface area contributed by atoms with Gasteiger partial charge in [-0.25, -0.2) is 5.01 Å². The van der Waals surface area contributed by atoms with Crippen molar-refractivity contribution >= 4 is 11.7 Å². The first-order valence-electron chi connectivity index (χ1n) is 4.36. The highest BCUT2D eigenvalue weighted by atomic mass is 16.6. The van der Waals surface area contributed by atoms with Gasteiger partial charge in [0.1, 0.15) is 4.92 Å². The van der Waals surface area contributed by atoms with E-state index in [0.29, 0.717) is 0 Å². The van der Waals surface area contributed by atoms with Crippen LogP contribution in [0.2, 0.25) is 0 Å². The monoisotopic (exact) mass is 238 g/mol. The summed E-state index contributed by atoms with van der Waals surface area (Å²) < 4.78 is 6.05. The second-order valence-electron chi connectivity index (χ2n) is 3.00. The average Bonchev–Trinajstić information content (AvgIpc) is 2.95. The number of nitroso groups, excluding NO2 is 1. The van der Waals surface area contributed by atoms with E-state index in [9.17, 15) is 15.0 Å². The van der Waals surface area contributed by atoms with Crippen LogP contribution in [0.5, 0.6) is 0 Å². The van der Waals surface area contributed by atoms with Gasteiger partial charge in [0.2, 0.25) is 5.88 Å². The van der Waals surface area contributed by atoms with Crippen LogP contribution in [-0.4, -0.2) is 27.0 Å². The predicted octanol–water partition coefficient (Wildman–Crippen LogP) is 0.886. The molecule has 0 atom stereocenters. The van der Waals surface area contributed by atoms with Crippen molar-refractivity contribution in [2.45, 2.75) is 0 Å². The second kappa shape index (κ2) is 4.00. The van der Waals surface area contributed by atoms with Gasteiger partial charge < -0.3 is 4.42 Å². The quantitative estimate of drug-likeness (QED) is 0.440. The Bertz CT molecular complexity index is 560. The van der Waals surface area contributed by atoms with E-state index >= 15 is 0 Å². The topological polar surface area (TPSA) is 120 Å². The van der Waals surface area contributed by atoms with Gasteiger partial charge in [-0.3, -0.25) is 10.1 Å². The molecule has 0 aromatic carbocycles. The Kier molecular flexibility index (Phi) is 2.52. The number of hydrogen-bond acceptors (Lipinski definition) is 7. The van der Waals surface area contributed by atoms with E-state index in [1.165, 1.54) is 25.4 Å². The summed E-state index contributed by atoms with van der Waals surface area (Å²) in [5, 5.41) is 21.3. The maximum atomic E-state index is 10.4. The zero-order valence-corrected chi connectivity index (χ0v) is 8.55. The van der Waals surface area contributed by atoms with E-state index in [0.717, 1.165) is 9.69 Å². The number of furan rings is 1. The third-order valence-corrected chi connectivity index (χ3v) is 1.92. The highest BCUT2D eigenvalue weighted by molar-refractivity contribution is 5.35. The highest BCUT2D eigenvalue weighted by Crippen LogP contribution is 2.19. The molecule has 2 aromatic heterocycles. The summed E-state index contributed by atoms with van der Waals surface area (Å²) in [7, 11) is 1.39. The Morgan fingerprint density at radius 1 is 1.59 bits per heavy atom. The zero-order valence-electron chi connectivity index (χ0n) is 8.55. The fraction of sp³-hybridized carbons (Fsp3) is 0.143.